The van der Waals surface area contributed by atoms with E-state index >= 15 is 0 Å². The van der Waals surface area contributed by atoms with Crippen LogP contribution in [0.25, 0.3) is 0 Å². The largest absolute Gasteiger partial charge is 0.481 e. The molecule has 1 aliphatic heterocycles. The van der Waals surface area contributed by atoms with E-state index in [9.17, 15) is 20.1 Å². The zero-order valence-corrected chi connectivity index (χ0v) is 38.4. The van der Waals surface area contributed by atoms with Crippen LogP contribution in [0.3, 0.4) is 0 Å². The molecule has 9 rings (SSSR count). The van der Waals surface area contributed by atoms with Crippen LogP contribution in [-0.4, -0.2) is 53.0 Å². The summed E-state index contributed by atoms with van der Waals surface area (Å²) in [4.78, 5) is 13.2. The SMILES string of the molecule is CCC[C@@H]1[C@@]23CC[C@@]45C#CC[C@@H](CCC6CCCC6)CC[C@]6(CC[C@@]4(C)[C@@H]2[C@H](O)C[C@]1(O)O[C@H]3Cc1ccc(CCOC)cc1)[C@@H]1C[C@](C)(C(=O)O)CC[C@]1(C)CC[C@@]65C. The summed E-state index contributed by atoms with van der Waals surface area (Å²) in [5, 5.41) is 36.4. The molecule has 14 atom stereocenters. The summed E-state index contributed by atoms with van der Waals surface area (Å²) in [6.45, 7) is 12.8. The van der Waals surface area contributed by atoms with Crippen LogP contribution < -0.4 is 0 Å². The highest BCUT2D eigenvalue weighted by molar-refractivity contribution is 5.74. The third kappa shape index (κ3) is 6.17. The summed E-state index contributed by atoms with van der Waals surface area (Å²) in [6, 6.07) is 8.95. The molecule has 7 aliphatic carbocycles. The van der Waals surface area contributed by atoms with Gasteiger partial charge in [-0.25, -0.2) is 0 Å². The maximum absolute atomic E-state index is 13.2. The fourth-order valence-electron chi connectivity index (χ4n) is 18.0. The van der Waals surface area contributed by atoms with Gasteiger partial charge in [0.15, 0.2) is 5.79 Å². The van der Waals surface area contributed by atoms with Crippen LogP contribution in [0, 0.1) is 79.3 Å². The van der Waals surface area contributed by atoms with E-state index in [0.717, 1.165) is 95.8 Å². The first-order valence-corrected chi connectivity index (χ1v) is 25.0. The lowest BCUT2D eigenvalue weighted by atomic mass is 9.24. The number of aliphatic hydroxyl groups is 2. The molecule has 6 nitrogen and oxygen atoms in total. The number of carboxylic acid groups (broad SMARTS) is 1. The molecule has 1 aromatic rings. The summed E-state index contributed by atoms with van der Waals surface area (Å²) >= 11 is 0. The number of fused-ring (bicyclic) bond motifs is 3. The Kier molecular flexibility index (Phi) is 11.1. The summed E-state index contributed by atoms with van der Waals surface area (Å²) in [6.07, 6.45) is 23.0. The number of carbonyl (C=O) groups is 1. The van der Waals surface area contributed by atoms with Crippen molar-refractivity contribution in [2.24, 2.45) is 67.5 Å². The molecular weight excluding hydrogens is 745 g/mol. The van der Waals surface area contributed by atoms with E-state index in [4.69, 9.17) is 9.47 Å². The standard InChI is InChI=1S/C54H80O6/c1-7-11-42-53-32-31-52-23-10-14-38(16-15-37-12-8-9-13-37)21-24-51(43-36-48(3,46(56)57)26-25-47(43,2)27-29-50(51,52)5)30-28-49(52,4)45(53)41(55)35-54(42,58)60-44(53)34-40-19-17-39(18-20-40)22-33-59-6/h17-20,37-38,41-45,55,58H,7-9,11-16,21-22,24-36H2,1-6H3,(H,56,57)/t38-,41+,42+,43+,44-,45-,47+,48+,49-,50-,51-,52-,53+,54-/m0/s1. The number of hydrogen-bond acceptors (Lipinski definition) is 5. The van der Waals surface area contributed by atoms with E-state index < -0.39 is 23.3 Å². The first-order valence-electron chi connectivity index (χ1n) is 25.0. The van der Waals surface area contributed by atoms with Gasteiger partial charge in [0.05, 0.1) is 24.2 Å². The predicted octanol–water partition coefficient (Wildman–Crippen LogP) is 11.3. The van der Waals surface area contributed by atoms with Crippen molar-refractivity contribution >= 4 is 5.97 Å². The number of aliphatic carboxylic acids is 1. The molecule has 1 heterocycles. The Balaban J connectivity index is 1.17. The first kappa shape index (κ1) is 43.3. The number of methoxy groups -OCH3 is 1. The van der Waals surface area contributed by atoms with Gasteiger partial charge >= 0.3 is 5.97 Å². The van der Waals surface area contributed by atoms with E-state index in [-0.39, 0.29) is 56.9 Å². The van der Waals surface area contributed by atoms with Crippen LogP contribution in [0.5, 0.6) is 0 Å². The molecule has 2 spiro atoms. The lowest BCUT2D eigenvalue weighted by molar-refractivity contribution is -0.314. The van der Waals surface area contributed by atoms with Gasteiger partial charge in [0.2, 0.25) is 0 Å². The van der Waals surface area contributed by atoms with E-state index in [1.807, 2.05) is 0 Å². The Morgan fingerprint density at radius 1 is 0.850 bits per heavy atom. The van der Waals surface area contributed by atoms with E-state index in [2.05, 4.69) is 70.7 Å². The van der Waals surface area contributed by atoms with Gasteiger partial charge in [-0.2, -0.15) is 0 Å². The number of aliphatic hydroxyl groups excluding tert-OH is 1. The molecule has 0 unspecified atom stereocenters. The quantitative estimate of drug-likeness (QED) is 0.192. The van der Waals surface area contributed by atoms with Crippen LogP contribution >= 0.6 is 0 Å². The molecule has 0 amide bonds. The molecule has 60 heavy (non-hydrogen) atoms. The molecule has 8 aliphatic rings. The van der Waals surface area contributed by atoms with Crippen molar-refractivity contribution in [1.82, 2.24) is 0 Å². The van der Waals surface area contributed by atoms with Gasteiger partial charge in [-0.1, -0.05) is 96.4 Å². The van der Waals surface area contributed by atoms with Crippen molar-refractivity contribution in [3.8, 4) is 11.8 Å². The van der Waals surface area contributed by atoms with Gasteiger partial charge in [0.1, 0.15) is 0 Å². The number of benzene rings is 1. The first-order chi connectivity index (χ1) is 28.6. The second kappa shape index (κ2) is 15.4. The van der Waals surface area contributed by atoms with Crippen LogP contribution in [0.15, 0.2) is 24.3 Å². The van der Waals surface area contributed by atoms with Crippen LogP contribution in [0.1, 0.15) is 181 Å². The monoisotopic (exact) mass is 825 g/mol. The molecule has 1 saturated heterocycles. The highest BCUT2D eigenvalue weighted by Gasteiger charge is 2.82. The lowest BCUT2D eigenvalue weighted by Gasteiger charge is -2.79. The van der Waals surface area contributed by atoms with E-state index in [1.165, 1.54) is 62.5 Å². The van der Waals surface area contributed by atoms with Crippen molar-refractivity contribution < 1.29 is 29.6 Å². The lowest BCUT2D eigenvalue weighted by Crippen LogP contribution is -2.75. The maximum Gasteiger partial charge on any atom is 0.309 e. The molecule has 0 aromatic heterocycles. The summed E-state index contributed by atoms with van der Waals surface area (Å²) < 4.78 is 12.5. The van der Waals surface area contributed by atoms with Crippen LogP contribution in [0.2, 0.25) is 0 Å². The van der Waals surface area contributed by atoms with Crippen molar-refractivity contribution in [1.29, 1.82) is 0 Å². The van der Waals surface area contributed by atoms with Gasteiger partial charge in [0, 0.05) is 42.6 Å². The normalized spacial score (nSPS) is 48.3. The summed E-state index contributed by atoms with van der Waals surface area (Å²) in [5.41, 5.74) is 0.723. The average molecular weight is 825 g/mol. The zero-order chi connectivity index (χ0) is 42.4. The van der Waals surface area contributed by atoms with Crippen molar-refractivity contribution in [3.05, 3.63) is 35.4 Å². The Morgan fingerprint density at radius 2 is 1.57 bits per heavy atom. The predicted molar refractivity (Wildman–Crippen MR) is 237 cm³/mol. The Morgan fingerprint density at radius 3 is 2.28 bits per heavy atom. The van der Waals surface area contributed by atoms with Crippen molar-refractivity contribution in [2.45, 2.75) is 200 Å². The molecule has 332 valence electrons. The number of rotatable bonds is 11. The topological polar surface area (TPSA) is 96.2 Å². The molecule has 0 radical (unpaired) electrons. The fourth-order valence-corrected chi connectivity index (χ4v) is 18.0. The van der Waals surface area contributed by atoms with Crippen LogP contribution in [0.4, 0.5) is 0 Å². The third-order valence-electron chi connectivity index (χ3n) is 21.2. The average Bonchev–Trinajstić information content (AvgIpc) is 3.79. The molecule has 3 N–H and O–H groups in total. The number of ether oxygens (including phenoxy) is 2. The molecule has 7 fully saturated rings. The Bertz CT molecular complexity index is 1830. The third-order valence-corrected chi connectivity index (χ3v) is 21.2. The molecule has 6 heteroatoms. The van der Waals surface area contributed by atoms with Crippen LogP contribution in [-0.2, 0) is 27.1 Å². The number of hydrogen-bond donors (Lipinski definition) is 3. The Hall–Kier alpha value is -1.91. The zero-order valence-electron chi connectivity index (χ0n) is 38.4. The van der Waals surface area contributed by atoms with Gasteiger partial charge in [-0.05, 0) is 154 Å². The second-order valence-electron chi connectivity index (χ2n) is 23.6. The van der Waals surface area contributed by atoms with Crippen molar-refractivity contribution in [3.63, 3.8) is 0 Å². The van der Waals surface area contributed by atoms with E-state index in [0.29, 0.717) is 18.4 Å². The smallest absolute Gasteiger partial charge is 0.309 e. The molecule has 4 bridgehead atoms. The molecular formula is C54H80O6. The van der Waals surface area contributed by atoms with E-state index in [1.54, 1.807) is 7.11 Å². The second-order valence-corrected chi connectivity index (χ2v) is 23.6. The fraction of sp³-hybridized carbons (Fsp3) is 0.833. The molecule has 6 saturated carbocycles. The minimum absolute atomic E-state index is 0.0227. The van der Waals surface area contributed by atoms with Gasteiger partial charge < -0.3 is 24.8 Å². The van der Waals surface area contributed by atoms with Crippen molar-refractivity contribution in [2.75, 3.05) is 13.7 Å². The molecule has 1 aromatic carbocycles. The maximum atomic E-state index is 13.2. The number of carboxylic acids is 1. The summed E-state index contributed by atoms with van der Waals surface area (Å²) in [5.74, 6) is 8.12. The Labute approximate surface area is 363 Å². The highest BCUT2D eigenvalue weighted by atomic mass is 16.6. The van der Waals surface area contributed by atoms with Gasteiger partial charge in [0.25, 0.3) is 0 Å². The van der Waals surface area contributed by atoms with Gasteiger partial charge in [-0.15, -0.1) is 5.92 Å². The minimum atomic E-state index is -1.34. The van der Waals surface area contributed by atoms with Gasteiger partial charge in [-0.3, -0.25) is 4.79 Å². The minimum Gasteiger partial charge on any atom is -0.481 e. The highest BCUT2D eigenvalue weighted by Crippen LogP contribution is 2.85. The summed E-state index contributed by atoms with van der Waals surface area (Å²) in [7, 11) is 1.75.